The van der Waals surface area contributed by atoms with Crippen LogP contribution in [-0.2, 0) is 5.92 Å². The molecule has 0 spiro atoms. The number of alkyl halides is 2. The molecule has 0 amide bonds. The highest BCUT2D eigenvalue weighted by Gasteiger charge is 2.32. The maximum absolute atomic E-state index is 13.0. The summed E-state index contributed by atoms with van der Waals surface area (Å²) in [7, 11) is 0. The van der Waals surface area contributed by atoms with Crippen molar-refractivity contribution in [1.29, 1.82) is 0 Å². The highest BCUT2D eigenvalue weighted by atomic mass is 35.5. The Bertz CT molecular complexity index is 317. The molecular formula is C7H6Cl2F2N2. The van der Waals surface area contributed by atoms with E-state index in [2.05, 4.69) is 4.98 Å². The van der Waals surface area contributed by atoms with Crippen molar-refractivity contribution in [2.75, 3.05) is 6.54 Å². The van der Waals surface area contributed by atoms with E-state index in [1.165, 1.54) is 6.07 Å². The lowest BCUT2D eigenvalue weighted by Gasteiger charge is -2.14. The van der Waals surface area contributed by atoms with E-state index >= 15 is 0 Å². The molecule has 1 rings (SSSR count). The fraction of sp³-hybridized carbons (Fsp3) is 0.286. The van der Waals surface area contributed by atoms with E-state index in [9.17, 15) is 8.78 Å². The molecule has 0 aliphatic rings. The van der Waals surface area contributed by atoms with Crippen LogP contribution in [0.5, 0.6) is 0 Å². The molecule has 2 nitrogen and oxygen atoms in total. The summed E-state index contributed by atoms with van der Waals surface area (Å²) in [4.78, 5) is 3.48. The largest absolute Gasteiger partial charge is 0.325 e. The van der Waals surface area contributed by atoms with Crippen LogP contribution in [0.1, 0.15) is 5.56 Å². The summed E-state index contributed by atoms with van der Waals surface area (Å²) in [5, 5.41) is -0.246. The van der Waals surface area contributed by atoms with Crippen molar-refractivity contribution in [1.82, 2.24) is 4.98 Å². The smallest absolute Gasteiger partial charge is 0.288 e. The SMILES string of the molecule is NCC(F)(F)c1ccc(Cl)nc1Cl. The highest BCUT2D eigenvalue weighted by Crippen LogP contribution is 2.31. The molecule has 0 aliphatic heterocycles. The Hall–Kier alpha value is -0.450. The van der Waals surface area contributed by atoms with Gasteiger partial charge in [0.1, 0.15) is 10.3 Å². The van der Waals surface area contributed by atoms with Crippen LogP contribution in [0, 0.1) is 0 Å². The monoisotopic (exact) mass is 226 g/mol. The molecule has 72 valence electrons. The third-order valence-electron chi connectivity index (χ3n) is 1.47. The first-order valence-corrected chi connectivity index (χ1v) is 4.13. The van der Waals surface area contributed by atoms with Gasteiger partial charge in [-0.25, -0.2) is 4.98 Å². The molecule has 1 aromatic rings. The molecular weight excluding hydrogens is 221 g/mol. The predicted molar refractivity (Wildman–Crippen MR) is 47.2 cm³/mol. The molecule has 0 saturated heterocycles. The number of nitrogens with two attached hydrogens (primary N) is 1. The van der Waals surface area contributed by atoms with Gasteiger partial charge in [0.05, 0.1) is 12.1 Å². The van der Waals surface area contributed by atoms with Gasteiger partial charge in [-0.3, -0.25) is 0 Å². The van der Waals surface area contributed by atoms with E-state index in [0.717, 1.165) is 6.07 Å². The first-order valence-electron chi connectivity index (χ1n) is 3.38. The van der Waals surface area contributed by atoms with E-state index in [1.54, 1.807) is 0 Å². The topological polar surface area (TPSA) is 38.9 Å². The summed E-state index contributed by atoms with van der Waals surface area (Å²) in [6.45, 7) is -0.809. The van der Waals surface area contributed by atoms with Crippen molar-refractivity contribution in [3.05, 3.63) is 28.0 Å². The van der Waals surface area contributed by atoms with Crippen molar-refractivity contribution < 1.29 is 8.78 Å². The number of nitrogens with zero attached hydrogens (tertiary/aromatic N) is 1. The van der Waals surface area contributed by atoms with Crippen molar-refractivity contribution >= 4 is 23.2 Å². The zero-order valence-electron chi connectivity index (χ0n) is 6.40. The minimum absolute atomic E-state index is 0.0709. The number of hydrogen-bond donors (Lipinski definition) is 1. The minimum atomic E-state index is -3.16. The molecule has 1 aromatic heterocycles. The van der Waals surface area contributed by atoms with Crippen LogP contribution in [0.4, 0.5) is 8.78 Å². The van der Waals surface area contributed by atoms with Crippen LogP contribution >= 0.6 is 23.2 Å². The molecule has 0 aliphatic carbocycles. The van der Waals surface area contributed by atoms with Crippen LogP contribution in [0.2, 0.25) is 10.3 Å². The van der Waals surface area contributed by atoms with Crippen LogP contribution < -0.4 is 5.73 Å². The molecule has 0 fully saturated rings. The normalized spacial score (nSPS) is 11.8. The van der Waals surface area contributed by atoms with Crippen molar-refractivity contribution in [2.45, 2.75) is 5.92 Å². The van der Waals surface area contributed by atoms with E-state index < -0.39 is 18.0 Å². The van der Waals surface area contributed by atoms with Gasteiger partial charge < -0.3 is 5.73 Å². The lowest BCUT2D eigenvalue weighted by molar-refractivity contribution is 0.00574. The molecule has 0 unspecified atom stereocenters. The van der Waals surface area contributed by atoms with Crippen molar-refractivity contribution in [3.8, 4) is 0 Å². The lowest BCUT2D eigenvalue weighted by atomic mass is 10.1. The van der Waals surface area contributed by atoms with Crippen LogP contribution in [0.15, 0.2) is 12.1 Å². The fourth-order valence-corrected chi connectivity index (χ4v) is 1.28. The maximum Gasteiger partial charge on any atom is 0.288 e. The van der Waals surface area contributed by atoms with Gasteiger partial charge in [0.2, 0.25) is 0 Å². The van der Waals surface area contributed by atoms with Gasteiger partial charge in [-0.1, -0.05) is 23.2 Å². The van der Waals surface area contributed by atoms with Gasteiger partial charge in [0, 0.05) is 0 Å². The Morgan fingerprint density at radius 3 is 2.46 bits per heavy atom. The van der Waals surface area contributed by atoms with Gasteiger partial charge >= 0.3 is 0 Å². The zero-order chi connectivity index (χ0) is 10.1. The van der Waals surface area contributed by atoms with Gasteiger partial charge in [-0.05, 0) is 12.1 Å². The second-order valence-corrected chi connectivity index (χ2v) is 3.13. The zero-order valence-corrected chi connectivity index (χ0v) is 7.91. The summed E-state index contributed by atoms with van der Waals surface area (Å²) in [5.41, 5.74) is 4.47. The summed E-state index contributed by atoms with van der Waals surface area (Å²) in [6, 6.07) is 2.36. The molecule has 6 heteroatoms. The highest BCUT2D eigenvalue weighted by molar-refractivity contribution is 6.32. The average molecular weight is 227 g/mol. The second kappa shape index (κ2) is 3.74. The van der Waals surface area contributed by atoms with Gasteiger partial charge in [0.25, 0.3) is 5.92 Å². The molecule has 0 radical (unpaired) electrons. The van der Waals surface area contributed by atoms with E-state index in [1.807, 2.05) is 0 Å². The fourth-order valence-electron chi connectivity index (χ4n) is 0.795. The number of rotatable bonds is 2. The minimum Gasteiger partial charge on any atom is -0.325 e. The van der Waals surface area contributed by atoms with Crippen LogP contribution in [-0.4, -0.2) is 11.5 Å². The summed E-state index contributed by atoms with van der Waals surface area (Å²) in [6.07, 6.45) is 0. The Kier molecular flexibility index (Phi) is 3.05. The van der Waals surface area contributed by atoms with Crippen molar-refractivity contribution in [2.24, 2.45) is 5.73 Å². The average Bonchev–Trinajstić information content (AvgIpc) is 2.03. The predicted octanol–water partition coefficient (Wildman–Crippen LogP) is 2.44. The van der Waals surface area contributed by atoms with E-state index in [0.29, 0.717) is 0 Å². The molecule has 13 heavy (non-hydrogen) atoms. The first kappa shape index (κ1) is 10.6. The number of aromatic nitrogens is 1. The molecule has 2 N–H and O–H groups in total. The van der Waals surface area contributed by atoms with Crippen LogP contribution in [0.25, 0.3) is 0 Å². The molecule has 0 aromatic carbocycles. The summed E-state index contributed by atoms with van der Waals surface area (Å²) >= 11 is 10.9. The molecule has 1 heterocycles. The molecule has 0 bridgehead atoms. The first-order chi connectivity index (χ1) is 5.97. The Balaban J connectivity index is 3.16. The number of pyridine rings is 1. The number of hydrogen-bond acceptors (Lipinski definition) is 2. The Labute approximate surface area is 83.7 Å². The standard InChI is InChI=1S/C7H6Cl2F2N2/c8-5-2-1-4(6(9)13-5)7(10,11)3-12/h1-2H,3,12H2. The van der Waals surface area contributed by atoms with Gasteiger partial charge in [0.15, 0.2) is 0 Å². The van der Waals surface area contributed by atoms with Crippen LogP contribution in [0.3, 0.4) is 0 Å². The van der Waals surface area contributed by atoms with E-state index in [4.69, 9.17) is 28.9 Å². The quantitative estimate of drug-likeness (QED) is 0.788. The second-order valence-electron chi connectivity index (χ2n) is 2.38. The molecule has 0 atom stereocenters. The summed E-state index contributed by atoms with van der Waals surface area (Å²) in [5.74, 6) is -3.16. The number of halogens is 4. The third-order valence-corrected chi connectivity index (χ3v) is 1.96. The third kappa shape index (κ3) is 2.27. The lowest BCUT2D eigenvalue weighted by Crippen LogP contribution is -2.25. The van der Waals surface area contributed by atoms with Gasteiger partial charge in [-0.15, -0.1) is 0 Å². The van der Waals surface area contributed by atoms with Crippen molar-refractivity contribution in [3.63, 3.8) is 0 Å². The summed E-state index contributed by atoms with van der Waals surface area (Å²) < 4.78 is 26.0. The van der Waals surface area contributed by atoms with Gasteiger partial charge in [-0.2, -0.15) is 8.78 Å². The molecule has 0 saturated carbocycles. The maximum atomic E-state index is 13.0. The Morgan fingerprint density at radius 1 is 1.38 bits per heavy atom. The Morgan fingerprint density at radius 2 is 2.00 bits per heavy atom. The van der Waals surface area contributed by atoms with E-state index in [-0.39, 0.29) is 10.3 Å².